The Morgan fingerprint density at radius 1 is 1.13 bits per heavy atom. The van der Waals surface area contributed by atoms with Crippen LogP contribution in [0, 0.1) is 0 Å². The van der Waals surface area contributed by atoms with E-state index < -0.39 is 0 Å². The summed E-state index contributed by atoms with van der Waals surface area (Å²) >= 11 is 7.62. The standard InChI is InChI=1S/C18H16ClN3S.C6H15N/c1-12(2)23-11-13(3)18-21-16-8-9-20-10-17(16)22(18)15-6-4-14(19)5-7-15;1-3-5-7-6-4-2/h4-11H,1H2,2-3H3;7H,3-6H2,1-2H3/b13-11+;. The summed E-state index contributed by atoms with van der Waals surface area (Å²) in [7, 11) is 0. The van der Waals surface area contributed by atoms with E-state index >= 15 is 0 Å². The number of benzene rings is 1. The van der Waals surface area contributed by atoms with Gasteiger partial charge in [0.05, 0.1) is 17.2 Å². The molecule has 30 heavy (non-hydrogen) atoms. The lowest BCUT2D eigenvalue weighted by atomic mass is 10.2. The van der Waals surface area contributed by atoms with Crippen LogP contribution in [0.2, 0.25) is 5.02 Å². The van der Waals surface area contributed by atoms with Crippen LogP contribution in [0.5, 0.6) is 0 Å². The molecule has 0 aliphatic rings. The number of imidazole rings is 1. The molecule has 0 atom stereocenters. The predicted molar refractivity (Wildman–Crippen MR) is 133 cm³/mol. The number of fused-ring (bicyclic) bond motifs is 1. The Labute approximate surface area is 189 Å². The SMILES string of the molecule is C=C(C)S/C=C(\C)c1nc2ccncc2n1-c1ccc(Cl)cc1.CCCNCCC. The molecule has 6 heteroatoms. The van der Waals surface area contributed by atoms with Gasteiger partial charge in [-0.3, -0.25) is 9.55 Å². The second-order valence-corrected chi connectivity index (χ2v) is 8.59. The second kappa shape index (κ2) is 12.6. The van der Waals surface area contributed by atoms with E-state index in [9.17, 15) is 0 Å². The van der Waals surface area contributed by atoms with Gasteiger partial charge in [0.2, 0.25) is 0 Å². The van der Waals surface area contributed by atoms with Crippen molar-refractivity contribution in [3.63, 3.8) is 0 Å². The summed E-state index contributed by atoms with van der Waals surface area (Å²) in [6.45, 7) is 14.7. The molecule has 0 bridgehead atoms. The zero-order valence-electron chi connectivity index (χ0n) is 18.3. The summed E-state index contributed by atoms with van der Waals surface area (Å²) in [6, 6.07) is 9.65. The Balaban J connectivity index is 0.000000396. The number of rotatable bonds is 8. The number of hydrogen-bond donors (Lipinski definition) is 1. The van der Waals surface area contributed by atoms with Crippen LogP contribution in [0.15, 0.2) is 59.6 Å². The Kier molecular flexibility index (Phi) is 10.1. The molecule has 160 valence electrons. The molecule has 0 radical (unpaired) electrons. The Morgan fingerprint density at radius 2 is 1.80 bits per heavy atom. The summed E-state index contributed by atoms with van der Waals surface area (Å²) < 4.78 is 2.10. The second-order valence-electron chi connectivity index (χ2n) is 6.98. The number of allylic oxidation sites excluding steroid dienone is 2. The van der Waals surface area contributed by atoms with Gasteiger partial charge in [-0.15, -0.1) is 11.8 Å². The molecule has 4 nitrogen and oxygen atoms in total. The number of nitrogens with one attached hydrogen (secondary N) is 1. The fraction of sp³-hybridized carbons (Fsp3) is 0.333. The van der Waals surface area contributed by atoms with Gasteiger partial charge in [0.1, 0.15) is 5.82 Å². The van der Waals surface area contributed by atoms with Gasteiger partial charge in [-0.25, -0.2) is 4.98 Å². The van der Waals surface area contributed by atoms with Gasteiger partial charge < -0.3 is 5.32 Å². The van der Waals surface area contributed by atoms with Crippen molar-refractivity contribution < 1.29 is 0 Å². The van der Waals surface area contributed by atoms with Crippen molar-refractivity contribution in [1.29, 1.82) is 0 Å². The first-order valence-electron chi connectivity index (χ1n) is 10.3. The minimum absolute atomic E-state index is 0.711. The highest BCUT2D eigenvalue weighted by atomic mass is 35.5. The van der Waals surface area contributed by atoms with Crippen LogP contribution < -0.4 is 5.32 Å². The highest BCUT2D eigenvalue weighted by Crippen LogP contribution is 2.28. The van der Waals surface area contributed by atoms with Crippen molar-refractivity contribution >= 4 is 40.0 Å². The van der Waals surface area contributed by atoms with Gasteiger partial charge in [0.15, 0.2) is 0 Å². The molecule has 0 fully saturated rings. The minimum atomic E-state index is 0.711. The first-order valence-corrected chi connectivity index (χ1v) is 11.5. The molecule has 2 aromatic heterocycles. The Hall–Kier alpha value is -2.08. The molecular formula is C24H31ClN4S. The minimum Gasteiger partial charge on any atom is -0.317 e. The maximum absolute atomic E-state index is 6.02. The summed E-state index contributed by atoms with van der Waals surface area (Å²) in [5.74, 6) is 0.893. The van der Waals surface area contributed by atoms with Crippen LogP contribution in [0.4, 0.5) is 0 Å². The fourth-order valence-electron chi connectivity index (χ4n) is 2.76. The molecule has 0 aliphatic heterocycles. The topological polar surface area (TPSA) is 42.7 Å². The molecular weight excluding hydrogens is 412 g/mol. The molecule has 3 rings (SSSR count). The van der Waals surface area contributed by atoms with E-state index in [0.29, 0.717) is 5.02 Å². The molecule has 1 aromatic carbocycles. The third-order valence-corrected chi connectivity index (χ3v) is 5.31. The zero-order valence-corrected chi connectivity index (χ0v) is 19.9. The number of nitrogens with zero attached hydrogens (tertiary/aromatic N) is 3. The van der Waals surface area contributed by atoms with Crippen molar-refractivity contribution in [2.45, 2.75) is 40.5 Å². The quantitative estimate of drug-likeness (QED) is 0.378. The molecule has 0 saturated heterocycles. The molecule has 0 unspecified atom stereocenters. The predicted octanol–water partition coefficient (Wildman–Crippen LogP) is 7.10. The number of aromatic nitrogens is 3. The van der Waals surface area contributed by atoms with E-state index in [1.54, 1.807) is 18.0 Å². The molecule has 2 heterocycles. The lowest BCUT2D eigenvalue weighted by Crippen LogP contribution is -2.14. The van der Waals surface area contributed by atoms with Crippen LogP contribution in [0.1, 0.15) is 46.4 Å². The lowest BCUT2D eigenvalue weighted by molar-refractivity contribution is 0.662. The Morgan fingerprint density at radius 3 is 2.40 bits per heavy atom. The molecule has 0 saturated carbocycles. The van der Waals surface area contributed by atoms with E-state index in [0.717, 1.165) is 33.0 Å². The van der Waals surface area contributed by atoms with Crippen LogP contribution in [-0.4, -0.2) is 27.6 Å². The largest absolute Gasteiger partial charge is 0.317 e. The van der Waals surface area contributed by atoms with Gasteiger partial charge in [-0.05, 0) is 86.0 Å². The molecule has 0 spiro atoms. The number of hydrogen-bond acceptors (Lipinski definition) is 4. The maximum Gasteiger partial charge on any atom is 0.141 e. The van der Waals surface area contributed by atoms with Gasteiger partial charge in [-0.1, -0.05) is 32.0 Å². The summed E-state index contributed by atoms with van der Waals surface area (Å²) in [5.41, 5.74) is 3.97. The first kappa shape index (κ1) is 24.2. The highest BCUT2D eigenvalue weighted by Gasteiger charge is 2.14. The molecule has 0 amide bonds. The fourth-order valence-corrected chi connectivity index (χ4v) is 3.37. The molecule has 0 aliphatic carbocycles. The summed E-state index contributed by atoms with van der Waals surface area (Å²) in [5, 5.41) is 6.07. The first-order chi connectivity index (χ1) is 14.5. The van der Waals surface area contributed by atoms with Crippen molar-refractivity contribution in [2.75, 3.05) is 13.1 Å². The van der Waals surface area contributed by atoms with E-state index in [2.05, 4.69) is 47.6 Å². The van der Waals surface area contributed by atoms with Crippen molar-refractivity contribution in [1.82, 2.24) is 19.9 Å². The Bertz CT molecular complexity index is 973. The molecule has 3 aromatic rings. The summed E-state index contributed by atoms with van der Waals surface area (Å²) in [6.07, 6.45) is 6.09. The van der Waals surface area contributed by atoms with Crippen LogP contribution in [0.25, 0.3) is 22.3 Å². The van der Waals surface area contributed by atoms with E-state index in [1.807, 2.05) is 43.5 Å². The average molecular weight is 443 g/mol. The third-order valence-electron chi connectivity index (χ3n) is 4.18. The molecule has 1 N–H and O–H groups in total. The monoisotopic (exact) mass is 442 g/mol. The highest BCUT2D eigenvalue weighted by molar-refractivity contribution is 8.05. The number of pyridine rings is 1. The van der Waals surface area contributed by atoms with Crippen molar-refractivity contribution in [3.05, 3.63) is 70.5 Å². The van der Waals surface area contributed by atoms with E-state index in [1.165, 1.54) is 25.9 Å². The number of halogens is 1. The van der Waals surface area contributed by atoms with Crippen molar-refractivity contribution in [2.24, 2.45) is 0 Å². The van der Waals surface area contributed by atoms with Gasteiger partial charge >= 0.3 is 0 Å². The smallest absolute Gasteiger partial charge is 0.141 e. The van der Waals surface area contributed by atoms with Gasteiger partial charge in [0, 0.05) is 16.9 Å². The van der Waals surface area contributed by atoms with Gasteiger partial charge in [0.25, 0.3) is 0 Å². The maximum atomic E-state index is 6.02. The zero-order chi connectivity index (χ0) is 21.9. The van der Waals surface area contributed by atoms with Gasteiger partial charge in [-0.2, -0.15) is 0 Å². The van der Waals surface area contributed by atoms with Crippen molar-refractivity contribution in [3.8, 4) is 5.69 Å². The van der Waals surface area contributed by atoms with E-state index in [-0.39, 0.29) is 0 Å². The van der Waals surface area contributed by atoms with E-state index in [4.69, 9.17) is 16.6 Å². The average Bonchev–Trinajstić information content (AvgIpc) is 3.13. The van der Waals surface area contributed by atoms with Crippen LogP contribution in [-0.2, 0) is 0 Å². The number of thioether (sulfide) groups is 1. The third kappa shape index (κ3) is 7.01. The lowest BCUT2D eigenvalue weighted by Gasteiger charge is -2.09. The summed E-state index contributed by atoms with van der Waals surface area (Å²) in [4.78, 5) is 10.0. The van der Waals surface area contributed by atoms with Crippen LogP contribution >= 0.6 is 23.4 Å². The normalized spacial score (nSPS) is 11.3. The van der Waals surface area contributed by atoms with Crippen LogP contribution in [0.3, 0.4) is 0 Å².